The lowest BCUT2D eigenvalue weighted by atomic mass is 10.00. The molecule has 3 aromatic carbocycles. The van der Waals surface area contributed by atoms with Gasteiger partial charge in [-0.3, -0.25) is 4.79 Å². The molecule has 122 valence electrons. The Bertz CT molecular complexity index is 935. The summed E-state index contributed by atoms with van der Waals surface area (Å²) in [7, 11) is 1.84. The maximum Gasteiger partial charge on any atom is 0.259 e. The first-order valence-corrected chi connectivity index (χ1v) is 8.43. The Kier molecular flexibility index (Phi) is 2.91. The van der Waals surface area contributed by atoms with Gasteiger partial charge in [0.1, 0.15) is 0 Å². The van der Waals surface area contributed by atoms with E-state index in [4.69, 9.17) is 4.74 Å². The number of likely N-dealkylation sites (N-methyl/N-ethyl adjacent to an activating group) is 1. The number of fused-ring (bicyclic) bond motifs is 5. The quantitative estimate of drug-likeness (QED) is 0.673. The fourth-order valence-electron chi connectivity index (χ4n) is 4.13. The van der Waals surface area contributed by atoms with E-state index >= 15 is 0 Å². The predicted octanol–water partition coefficient (Wildman–Crippen LogP) is 4.10. The number of carbonyl (C=O) groups is 1. The summed E-state index contributed by atoms with van der Waals surface area (Å²) in [5.74, 6) is -0.0160. The standard InChI is InChI=1S/C22H17NO2/c1-23-21(24)20(15-9-3-2-4-10-15)25-22(23)18-13-7-5-11-16(18)17-12-6-8-14-19(17)22/h2-14,20H,1H3. The summed E-state index contributed by atoms with van der Waals surface area (Å²) >= 11 is 0. The van der Waals surface area contributed by atoms with Crippen LogP contribution in [0.2, 0.25) is 0 Å². The van der Waals surface area contributed by atoms with E-state index in [9.17, 15) is 4.79 Å². The van der Waals surface area contributed by atoms with Crippen molar-refractivity contribution < 1.29 is 9.53 Å². The van der Waals surface area contributed by atoms with Crippen molar-refractivity contribution in [1.82, 2.24) is 4.90 Å². The molecule has 0 aromatic heterocycles. The molecule has 3 aromatic rings. The molecule has 1 fully saturated rings. The van der Waals surface area contributed by atoms with Gasteiger partial charge in [0.05, 0.1) is 0 Å². The van der Waals surface area contributed by atoms with Gasteiger partial charge in [-0.25, -0.2) is 0 Å². The van der Waals surface area contributed by atoms with E-state index in [2.05, 4.69) is 24.3 Å². The van der Waals surface area contributed by atoms with Crippen molar-refractivity contribution in [2.45, 2.75) is 11.8 Å². The Morgan fingerprint density at radius 3 is 1.92 bits per heavy atom. The average molecular weight is 327 g/mol. The zero-order chi connectivity index (χ0) is 17.0. The number of rotatable bonds is 1. The Hall–Kier alpha value is -2.91. The van der Waals surface area contributed by atoms with Crippen LogP contribution in [0.1, 0.15) is 22.8 Å². The number of hydrogen-bond acceptors (Lipinski definition) is 2. The van der Waals surface area contributed by atoms with Gasteiger partial charge in [0, 0.05) is 18.2 Å². The van der Waals surface area contributed by atoms with Crippen LogP contribution in [0.15, 0.2) is 78.9 Å². The number of hydrogen-bond donors (Lipinski definition) is 0. The zero-order valence-electron chi connectivity index (χ0n) is 13.8. The maximum atomic E-state index is 13.1. The highest BCUT2D eigenvalue weighted by molar-refractivity contribution is 5.90. The van der Waals surface area contributed by atoms with Gasteiger partial charge in [-0.2, -0.15) is 0 Å². The number of ether oxygens (including phenoxy) is 1. The molecule has 1 aliphatic heterocycles. The smallest absolute Gasteiger partial charge is 0.259 e. The summed E-state index contributed by atoms with van der Waals surface area (Å²) in [5.41, 5.74) is 4.36. The van der Waals surface area contributed by atoms with Crippen molar-refractivity contribution in [2.24, 2.45) is 0 Å². The molecule has 1 heterocycles. The van der Waals surface area contributed by atoms with Crippen molar-refractivity contribution in [3.05, 3.63) is 95.6 Å². The lowest BCUT2D eigenvalue weighted by Crippen LogP contribution is -2.40. The minimum atomic E-state index is -0.856. The van der Waals surface area contributed by atoms with Gasteiger partial charge in [-0.15, -0.1) is 0 Å². The molecule has 25 heavy (non-hydrogen) atoms. The van der Waals surface area contributed by atoms with Gasteiger partial charge >= 0.3 is 0 Å². The van der Waals surface area contributed by atoms with Crippen LogP contribution >= 0.6 is 0 Å². The monoisotopic (exact) mass is 327 g/mol. The van der Waals surface area contributed by atoms with Crippen LogP contribution in [0, 0.1) is 0 Å². The normalized spacial score (nSPS) is 20.0. The third kappa shape index (κ3) is 1.76. The topological polar surface area (TPSA) is 29.5 Å². The SMILES string of the molecule is CN1C(=O)C(c2ccccc2)OC12c1ccccc1-c1ccccc12. The summed E-state index contributed by atoms with van der Waals surface area (Å²) < 4.78 is 6.55. The molecule has 0 bridgehead atoms. The summed E-state index contributed by atoms with van der Waals surface area (Å²) in [6.07, 6.45) is -0.592. The molecular weight excluding hydrogens is 310 g/mol. The zero-order valence-corrected chi connectivity index (χ0v) is 13.8. The molecule has 2 aliphatic rings. The molecule has 3 heteroatoms. The van der Waals surface area contributed by atoms with Crippen LogP contribution in [0.25, 0.3) is 11.1 Å². The predicted molar refractivity (Wildman–Crippen MR) is 95.7 cm³/mol. The third-order valence-electron chi connectivity index (χ3n) is 5.29. The van der Waals surface area contributed by atoms with Crippen LogP contribution in [0.5, 0.6) is 0 Å². The molecule has 0 radical (unpaired) electrons. The van der Waals surface area contributed by atoms with Gasteiger partial charge in [-0.05, 0) is 16.7 Å². The van der Waals surface area contributed by atoms with E-state index in [1.54, 1.807) is 4.90 Å². The van der Waals surface area contributed by atoms with Crippen molar-refractivity contribution in [3.8, 4) is 11.1 Å². The largest absolute Gasteiger partial charge is 0.329 e. The van der Waals surface area contributed by atoms with Crippen LogP contribution in [-0.4, -0.2) is 17.9 Å². The molecule has 1 atom stereocenters. The molecule has 1 saturated heterocycles. The molecule has 0 saturated carbocycles. The molecular formula is C22H17NO2. The molecule has 5 rings (SSSR count). The van der Waals surface area contributed by atoms with Crippen LogP contribution in [0.4, 0.5) is 0 Å². The van der Waals surface area contributed by atoms with E-state index in [0.717, 1.165) is 27.8 Å². The lowest BCUT2D eigenvalue weighted by Gasteiger charge is -2.32. The van der Waals surface area contributed by atoms with Crippen LogP contribution in [-0.2, 0) is 15.3 Å². The van der Waals surface area contributed by atoms with Gasteiger partial charge in [0.2, 0.25) is 0 Å². The van der Waals surface area contributed by atoms with E-state index in [1.165, 1.54) is 0 Å². The van der Waals surface area contributed by atoms with Crippen molar-refractivity contribution in [1.29, 1.82) is 0 Å². The van der Waals surface area contributed by atoms with Crippen molar-refractivity contribution in [2.75, 3.05) is 7.05 Å². The lowest BCUT2D eigenvalue weighted by molar-refractivity contribution is -0.130. The minimum Gasteiger partial charge on any atom is -0.329 e. The first-order valence-electron chi connectivity index (χ1n) is 8.43. The highest BCUT2D eigenvalue weighted by atomic mass is 16.6. The molecule has 0 N–H and O–H groups in total. The number of amides is 1. The van der Waals surface area contributed by atoms with Crippen LogP contribution < -0.4 is 0 Å². The second-order valence-electron chi connectivity index (χ2n) is 6.54. The van der Waals surface area contributed by atoms with Gasteiger partial charge < -0.3 is 9.64 Å². The molecule has 1 aliphatic carbocycles. The maximum absolute atomic E-state index is 13.1. The van der Waals surface area contributed by atoms with Gasteiger partial charge in [-0.1, -0.05) is 78.9 Å². The van der Waals surface area contributed by atoms with Crippen LogP contribution in [0.3, 0.4) is 0 Å². The summed E-state index contributed by atoms with van der Waals surface area (Å²) in [6.45, 7) is 0. The summed E-state index contributed by atoms with van der Waals surface area (Å²) in [5, 5.41) is 0. The van der Waals surface area contributed by atoms with E-state index in [-0.39, 0.29) is 5.91 Å². The highest BCUT2D eigenvalue weighted by Gasteiger charge is 2.57. The Morgan fingerprint density at radius 1 is 0.800 bits per heavy atom. The average Bonchev–Trinajstić information content (AvgIpc) is 3.11. The van der Waals surface area contributed by atoms with E-state index in [1.807, 2.05) is 61.6 Å². The second kappa shape index (κ2) is 5.04. The Morgan fingerprint density at radius 2 is 1.32 bits per heavy atom. The summed E-state index contributed by atoms with van der Waals surface area (Å²) in [6, 6.07) is 26.1. The fraction of sp³-hybridized carbons (Fsp3) is 0.136. The first kappa shape index (κ1) is 14.4. The second-order valence-corrected chi connectivity index (χ2v) is 6.54. The van der Waals surface area contributed by atoms with Crippen molar-refractivity contribution >= 4 is 5.91 Å². The summed E-state index contributed by atoms with van der Waals surface area (Å²) in [4.78, 5) is 14.8. The van der Waals surface area contributed by atoms with E-state index < -0.39 is 11.8 Å². The number of benzene rings is 3. The molecule has 3 nitrogen and oxygen atoms in total. The van der Waals surface area contributed by atoms with E-state index in [0.29, 0.717) is 0 Å². The van der Waals surface area contributed by atoms with Crippen molar-refractivity contribution in [3.63, 3.8) is 0 Å². The number of nitrogens with zero attached hydrogens (tertiary/aromatic N) is 1. The molecule has 1 amide bonds. The third-order valence-corrected chi connectivity index (χ3v) is 5.29. The van der Waals surface area contributed by atoms with Gasteiger partial charge in [0.25, 0.3) is 5.91 Å². The number of carbonyl (C=O) groups excluding carboxylic acids is 1. The molecule has 1 unspecified atom stereocenters. The Balaban J connectivity index is 1.75. The Labute approximate surface area is 146 Å². The molecule has 1 spiro atoms. The fourth-order valence-corrected chi connectivity index (χ4v) is 4.13. The first-order chi connectivity index (χ1) is 12.2. The van der Waals surface area contributed by atoms with Gasteiger partial charge in [0.15, 0.2) is 11.8 Å². The minimum absolute atomic E-state index is 0.0160. The highest BCUT2D eigenvalue weighted by Crippen LogP contribution is 2.56.